The van der Waals surface area contributed by atoms with Gasteiger partial charge in [0, 0.05) is 5.20 Å². The zero-order chi connectivity index (χ0) is 9.78. The second kappa shape index (κ2) is 4.42. The summed E-state index contributed by atoms with van der Waals surface area (Å²) in [5.41, 5.74) is 0. The SMILES string of the molecule is C=C(C(=O)OCCO)[Si](C)(C)C. The lowest BCUT2D eigenvalue weighted by molar-refractivity contribution is -0.139. The van der Waals surface area contributed by atoms with Gasteiger partial charge in [0.25, 0.3) is 0 Å². The van der Waals surface area contributed by atoms with Crippen LogP contribution in [0.2, 0.25) is 19.6 Å². The molecule has 0 saturated carbocycles. The zero-order valence-corrected chi connectivity index (χ0v) is 8.89. The lowest BCUT2D eigenvalue weighted by Gasteiger charge is -2.17. The van der Waals surface area contributed by atoms with Crippen molar-refractivity contribution in [2.75, 3.05) is 13.2 Å². The smallest absolute Gasteiger partial charge is 0.329 e. The number of aliphatic hydroxyl groups is 1. The molecule has 1 N–H and O–H groups in total. The van der Waals surface area contributed by atoms with Crippen molar-refractivity contribution in [3.8, 4) is 0 Å². The van der Waals surface area contributed by atoms with Crippen LogP contribution < -0.4 is 0 Å². The molecule has 0 aliphatic carbocycles. The summed E-state index contributed by atoms with van der Waals surface area (Å²) >= 11 is 0. The first-order chi connectivity index (χ1) is 5.39. The van der Waals surface area contributed by atoms with Crippen molar-refractivity contribution in [2.24, 2.45) is 0 Å². The summed E-state index contributed by atoms with van der Waals surface area (Å²) in [6, 6.07) is 0. The van der Waals surface area contributed by atoms with Gasteiger partial charge in [-0.25, -0.2) is 4.79 Å². The molecule has 4 heteroatoms. The standard InChI is InChI=1S/C8H16O3Si/c1-7(12(2,3)4)8(10)11-6-5-9/h9H,1,5-6H2,2-4H3. The average molecular weight is 188 g/mol. The van der Waals surface area contributed by atoms with Gasteiger partial charge in [0.15, 0.2) is 0 Å². The zero-order valence-electron chi connectivity index (χ0n) is 7.89. The Balaban J connectivity index is 4.04. The van der Waals surface area contributed by atoms with E-state index < -0.39 is 8.07 Å². The maximum Gasteiger partial charge on any atom is 0.329 e. The largest absolute Gasteiger partial charge is 0.460 e. The van der Waals surface area contributed by atoms with E-state index in [0.29, 0.717) is 5.20 Å². The molecule has 0 bridgehead atoms. The fourth-order valence-electron chi connectivity index (χ4n) is 0.532. The molecule has 0 amide bonds. The molecule has 12 heavy (non-hydrogen) atoms. The third-order valence-corrected chi connectivity index (χ3v) is 3.49. The third kappa shape index (κ3) is 3.68. The Kier molecular flexibility index (Phi) is 4.20. The maximum absolute atomic E-state index is 11.2. The fraction of sp³-hybridized carbons (Fsp3) is 0.625. The maximum atomic E-state index is 11.2. The Hall–Kier alpha value is -0.613. The topological polar surface area (TPSA) is 46.5 Å². The highest BCUT2D eigenvalue weighted by molar-refractivity contribution is 6.86. The van der Waals surface area contributed by atoms with Gasteiger partial charge in [0.1, 0.15) is 6.61 Å². The van der Waals surface area contributed by atoms with Gasteiger partial charge in [-0.05, 0) is 0 Å². The summed E-state index contributed by atoms with van der Waals surface area (Å²) in [5.74, 6) is -0.372. The number of hydrogen-bond donors (Lipinski definition) is 1. The van der Waals surface area contributed by atoms with E-state index in [4.69, 9.17) is 9.84 Å². The van der Waals surface area contributed by atoms with E-state index in [9.17, 15) is 4.79 Å². The molecule has 0 heterocycles. The summed E-state index contributed by atoms with van der Waals surface area (Å²) < 4.78 is 4.73. The minimum absolute atomic E-state index is 0.0579. The molecule has 0 atom stereocenters. The van der Waals surface area contributed by atoms with Gasteiger partial charge in [-0.1, -0.05) is 26.2 Å². The Morgan fingerprint density at radius 3 is 2.33 bits per heavy atom. The highest BCUT2D eigenvalue weighted by Crippen LogP contribution is 2.13. The molecule has 0 spiro atoms. The number of esters is 1. The monoisotopic (exact) mass is 188 g/mol. The molecule has 0 rings (SSSR count). The predicted molar refractivity (Wildman–Crippen MR) is 50.5 cm³/mol. The third-order valence-electron chi connectivity index (χ3n) is 1.48. The van der Waals surface area contributed by atoms with Crippen LogP contribution in [-0.2, 0) is 9.53 Å². The average Bonchev–Trinajstić information content (AvgIpc) is 1.97. The first-order valence-electron chi connectivity index (χ1n) is 3.87. The van der Waals surface area contributed by atoms with Crippen LogP contribution >= 0.6 is 0 Å². The molecule has 70 valence electrons. The quantitative estimate of drug-likeness (QED) is 0.406. The Morgan fingerprint density at radius 2 is 2.00 bits per heavy atom. The summed E-state index contributed by atoms with van der Waals surface area (Å²) in [6.45, 7) is 9.68. The van der Waals surface area contributed by atoms with Crippen LogP contribution in [0.4, 0.5) is 0 Å². The number of carbonyl (C=O) groups excluding carboxylic acids is 1. The first-order valence-corrected chi connectivity index (χ1v) is 7.37. The Labute approximate surface area is 74.1 Å². The molecule has 0 aromatic rings. The normalized spacial score (nSPS) is 11.0. The van der Waals surface area contributed by atoms with Crippen LogP contribution in [0.15, 0.2) is 11.8 Å². The van der Waals surface area contributed by atoms with E-state index in [0.717, 1.165) is 0 Å². The molecule has 0 unspecified atom stereocenters. The molecule has 0 saturated heterocycles. The van der Waals surface area contributed by atoms with Crippen LogP contribution in [-0.4, -0.2) is 32.4 Å². The van der Waals surface area contributed by atoms with Gasteiger partial charge in [0.2, 0.25) is 0 Å². The van der Waals surface area contributed by atoms with E-state index >= 15 is 0 Å². The fourth-order valence-corrected chi connectivity index (χ4v) is 1.22. The summed E-state index contributed by atoms with van der Waals surface area (Å²) in [7, 11) is -1.62. The van der Waals surface area contributed by atoms with Crippen molar-refractivity contribution in [1.82, 2.24) is 0 Å². The molecule has 0 aromatic heterocycles. The van der Waals surface area contributed by atoms with Gasteiger partial charge >= 0.3 is 5.97 Å². The van der Waals surface area contributed by atoms with Crippen molar-refractivity contribution in [3.63, 3.8) is 0 Å². The van der Waals surface area contributed by atoms with E-state index in [1.807, 2.05) is 19.6 Å². The Bertz CT molecular complexity index is 181. The lowest BCUT2D eigenvalue weighted by Crippen LogP contribution is -2.30. The number of ether oxygens (including phenoxy) is 1. The number of rotatable bonds is 4. The predicted octanol–water partition coefficient (Wildman–Crippen LogP) is 0.955. The molecule has 0 fully saturated rings. The molecule has 0 radical (unpaired) electrons. The van der Waals surface area contributed by atoms with Crippen molar-refractivity contribution in [2.45, 2.75) is 19.6 Å². The Morgan fingerprint density at radius 1 is 1.50 bits per heavy atom. The summed E-state index contributed by atoms with van der Waals surface area (Å²) in [5, 5.41) is 8.97. The first kappa shape index (κ1) is 11.4. The summed E-state index contributed by atoms with van der Waals surface area (Å²) in [4.78, 5) is 11.2. The van der Waals surface area contributed by atoms with Gasteiger partial charge in [-0.3, -0.25) is 0 Å². The number of carbonyl (C=O) groups is 1. The second-order valence-electron chi connectivity index (χ2n) is 3.59. The molecular formula is C8H16O3Si. The molecule has 3 nitrogen and oxygen atoms in total. The number of hydrogen-bond acceptors (Lipinski definition) is 3. The molecule has 0 aliphatic heterocycles. The van der Waals surface area contributed by atoms with Gasteiger partial charge < -0.3 is 9.84 Å². The van der Waals surface area contributed by atoms with Gasteiger partial charge in [-0.15, -0.1) is 0 Å². The number of aliphatic hydroxyl groups excluding tert-OH is 1. The highest BCUT2D eigenvalue weighted by Gasteiger charge is 2.24. The second-order valence-corrected chi connectivity index (χ2v) is 8.69. The van der Waals surface area contributed by atoms with Crippen molar-refractivity contribution in [3.05, 3.63) is 11.8 Å². The van der Waals surface area contributed by atoms with Crippen LogP contribution in [0.3, 0.4) is 0 Å². The minimum atomic E-state index is -1.62. The minimum Gasteiger partial charge on any atom is -0.460 e. The van der Waals surface area contributed by atoms with Gasteiger partial charge in [-0.2, -0.15) is 0 Å². The van der Waals surface area contributed by atoms with E-state index in [1.54, 1.807) is 0 Å². The van der Waals surface area contributed by atoms with E-state index in [-0.39, 0.29) is 19.2 Å². The van der Waals surface area contributed by atoms with Crippen molar-refractivity contribution in [1.29, 1.82) is 0 Å². The van der Waals surface area contributed by atoms with Crippen LogP contribution in [0.5, 0.6) is 0 Å². The van der Waals surface area contributed by atoms with Crippen molar-refractivity contribution >= 4 is 14.0 Å². The lowest BCUT2D eigenvalue weighted by atomic mass is 10.6. The molecular weight excluding hydrogens is 172 g/mol. The van der Waals surface area contributed by atoms with E-state index in [2.05, 4.69) is 6.58 Å². The van der Waals surface area contributed by atoms with Crippen LogP contribution in [0, 0.1) is 0 Å². The van der Waals surface area contributed by atoms with Crippen LogP contribution in [0.1, 0.15) is 0 Å². The van der Waals surface area contributed by atoms with Crippen LogP contribution in [0.25, 0.3) is 0 Å². The van der Waals surface area contributed by atoms with Crippen molar-refractivity contribution < 1.29 is 14.6 Å². The van der Waals surface area contributed by atoms with E-state index in [1.165, 1.54) is 0 Å². The van der Waals surface area contributed by atoms with Gasteiger partial charge in [0.05, 0.1) is 14.7 Å². The molecule has 0 aliphatic rings. The molecule has 0 aromatic carbocycles. The highest BCUT2D eigenvalue weighted by atomic mass is 28.3. The summed E-state index contributed by atoms with van der Waals surface area (Å²) in [6.07, 6.45) is 0.